The van der Waals surface area contributed by atoms with E-state index in [4.69, 9.17) is 0 Å². The number of fused-ring (bicyclic) bond motifs is 1. The minimum absolute atomic E-state index is 0.0753. The van der Waals surface area contributed by atoms with E-state index < -0.39 is 0 Å². The van der Waals surface area contributed by atoms with E-state index in [0.717, 1.165) is 37.0 Å². The number of likely N-dealkylation sites (tertiary alicyclic amines) is 1. The summed E-state index contributed by atoms with van der Waals surface area (Å²) in [6, 6.07) is 16.0. The highest BCUT2D eigenvalue weighted by molar-refractivity contribution is 5.97. The average Bonchev–Trinajstić information content (AvgIpc) is 3.03. The van der Waals surface area contributed by atoms with E-state index in [0.29, 0.717) is 5.56 Å². The van der Waals surface area contributed by atoms with Gasteiger partial charge in [-0.05, 0) is 36.6 Å². The summed E-state index contributed by atoms with van der Waals surface area (Å²) in [5.74, 6) is 0.0753. The van der Waals surface area contributed by atoms with Gasteiger partial charge in [0.25, 0.3) is 5.91 Å². The third-order valence-corrected chi connectivity index (χ3v) is 4.72. The number of hydrogen-bond acceptors (Lipinski definition) is 3. The quantitative estimate of drug-likeness (QED) is 0.723. The fraction of sp³-hybridized carbons (Fsp3) is 0.250. The first kappa shape index (κ1) is 15.6. The molecule has 3 aromatic rings. The zero-order chi connectivity index (χ0) is 17.2. The minimum atomic E-state index is 0.0753. The van der Waals surface area contributed by atoms with E-state index in [-0.39, 0.29) is 5.91 Å². The largest absolute Gasteiger partial charge is 0.338 e. The van der Waals surface area contributed by atoms with Crippen molar-refractivity contribution in [2.75, 3.05) is 13.1 Å². The molecule has 4 rings (SSSR count). The second kappa shape index (κ2) is 6.51. The highest BCUT2D eigenvalue weighted by Crippen LogP contribution is 2.22. The van der Waals surface area contributed by atoms with Gasteiger partial charge >= 0.3 is 0 Å². The number of carbonyl (C=O) groups excluding carboxylic acids is 1. The number of carbonyl (C=O) groups is 1. The van der Waals surface area contributed by atoms with Crippen LogP contribution in [0.5, 0.6) is 0 Å². The molecule has 1 saturated heterocycles. The maximum atomic E-state index is 12.8. The number of aromatic nitrogens is 3. The predicted molar refractivity (Wildman–Crippen MR) is 98.1 cm³/mol. The van der Waals surface area contributed by atoms with Crippen molar-refractivity contribution in [1.29, 1.82) is 0 Å². The SMILES string of the molecule is Cn1nnc2cc(C(=O)N3CCC(=Cc4ccccc4)CC3)ccc21. The van der Waals surface area contributed by atoms with Crippen LogP contribution in [0.1, 0.15) is 28.8 Å². The molecule has 126 valence electrons. The van der Waals surface area contributed by atoms with Crippen molar-refractivity contribution in [3.63, 3.8) is 0 Å². The Bertz CT molecular complexity index is 933. The average molecular weight is 332 g/mol. The Hall–Kier alpha value is -2.95. The lowest BCUT2D eigenvalue weighted by Gasteiger charge is -2.28. The molecule has 0 spiro atoms. The number of piperidine rings is 1. The topological polar surface area (TPSA) is 51.0 Å². The van der Waals surface area contributed by atoms with Crippen molar-refractivity contribution in [3.05, 3.63) is 65.2 Å². The molecule has 0 unspecified atom stereocenters. The molecular weight excluding hydrogens is 312 g/mol. The summed E-state index contributed by atoms with van der Waals surface area (Å²) < 4.78 is 1.71. The lowest BCUT2D eigenvalue weighted by molar-refractivity contribution is 0.0744. The van der Waals surface area contributed by atoms with E-state index in [2.05, 4.69) is 28.5 Å². The van der Waals surface area contributed by atoms with Crippen molar-refractivity contribution in [2.45, 2.75) is 12.8 Å². The molecule has 5 heteroatoms. The van der Waals surface area contributed by atoms with Gasteiger partial charge in [0.1, 0.15) is 5.52 Å². The summed E-state index contributed by atoms with van der Waals surface area (Å²) in [6.45, 7) is 1.52. The van der Waals surface area contributed by atoms with Crippen LogP contribution in [-0.2, 0) is 7.05 Å². The Kier molecular flexibility index (Phi) is 4.06. The van der Waals surface area contributed by atoms with Crippen LogP contribution in [0.25, 0.3) is 17.1 Å². The number of amides is 1. The first-order chi connectivity index (χ1) is 12.2. The Balaban J connectivity index is 1.46. The van der Waals surface area contributed by atoms with Crippen molar-refractivity contribution >= 4 is 23.0 Å². The van der Waals surface area contributed by atoms with E-state index in [9.17, 15) is 4.79 Å². The van der Waals surface area contributed by atoms with Crippen LogP contribution in [0, 0.1) is 0 Å². The van der Waals surface area contributed by atoms with Gasteiger partial charge in [-0.25, -0.2) is 4.68 Å². The Morgan fingerprint density at radius 1 is 1.08 bits per heavy atom. The van der Waals surface area contributed by atoms with Gasteiger partial charge in [-0.15, -0.1) is 5.10 Å². The second-order valence-electron chi connectivity index (χ2n) is 6.42. The fourth-order valence-corrected chi connectivity index (χ4v) is 3.28. The molecule has 1 aliphatic heterocycles. The van der Waals surface area contributed by atoms with Gasteiger partial charge in [-0.1, -0.05) is 47.2 Å². The smallest absolute Gasteiger partial charge is 0.253 e. The van der Waals surface area contributed by atoms with Crippen molar-refractivity contribution in [1.82, 2.24) is 19.9 Å². The normalized spacial score (nSPS) is 14.8. The highest BCUT2D eigenvalue weighted by atomic mass is 16.2. The van der Waals surface area contributed by atoms with Crippen molar-refractivity contribution in [3.8, 4) is 0 Å². The molecule has 0 atom stereocenters. The Morgan fingerprint density at radius 3 is 2.60 bits per heavy atom. The van der Waals surface area contributed by atoms with Crippen molar-refractivity contribution in [2.24, 2.45) is 7.05 Å². The molecule has 0 N–H and O–H groups in total. The van der Waals surface area contributed by atoms with Crippen LogP contribution in [0.3, 0.4) is 0 Å². The zero-order valence-corrected chi connectivity index (χ0v) is 14.2. The summed E-state index contributed by atoms with van der Waals surface area (Å²) in [4.78, 5) is 14.7. The summed E-state index contributed by atoms with van der Waals surface area (Å²) in [7, 11) is 1.85. The lowest BCUT2D eigenvalue weighted by atomic mass is 10.00. The number of aryl methyl sites for hydroxylation is 1. The minimum Gasteiger partial charge on any atom is -0.338 e. The number of rotatable bonds is 2. The molecule has 0 saturated carbocycles. The lowest BCUT2D eigenvalue weighted by Crippen LogP contribution is -2.36. The maximum absolute atomic E-state index is 12.8. The molecular formula is C20H20N4O. The van der Waals surface area contributed by atoms with Gasteiger partial charge in [0, 0.05) is 25.7 Å². The first-order valence-electron chi connectivity index (χ1n) is 8.54. The molecule has 25 heavy (non-hydrogen) atoms. The summed E-state index contributed by atoms with van der Waals surface area (Å²) >= 11 is 0. The van der Waals surface area contributed by atoms with Gasteiger partial charge < -0.3 is 4.90 Å². The van der Waals surface area contributed by atoms with E-state index in [1.165, 1.54) is 11.1 Å². The van der Waals surface area contributed by atoms with Crippen LogP contribution in [0.2, 0.25) is 0 Å². The number of benzene rings is 2. The van der Waals surface area contributed by atoms with Crippen LogP contribution in [-0.4, -0.2) is 38.9 Å². The second-order valence-corrected chi connectivity index (χ2v) is 6.42. The monoisotopic (exact) mass is 332 g/mol. The van der Waals surface area contributed by atoms with Gasteiger partial charge in [0.15, 0.2) is 0 Å². The molecule has 1 amide bonds. The summed E-state index contributed by atoms with van der Waals surface area (Å²) in [5, 5.41) is 8.09. The summed E-state index contributed by atoms with van der Waals surface area (Å²) in [5.41, 5.74) is 5.01. The van der Waals surface area contributed by atoms with Gasteiger partial charge in [0.05, 0.1) is 5.52 Å². The van der Waals surface area contributed by atoms with E-state index >= 15 is 0 Å². The molecule has 2 aromatic carbocycles. The summed E-state index contributed by atoms with van der Waals surface area (Å²) in [6.07, 6.45) is 4.09. The van der Waals surface area contributed by atoms with E-state index in [1.54, 1.807) is 4.68 Å². The van der Waals surface area contributed by atoms with Crippen LogP contribution in [0.4, 0.5) is 0 Å². The Morgan fingerprint density at radius 2 is 1.84 bits per heavy atom. The van der Waals surface area contributed by atoms with Crippen LogP contribution in [0.15, 0.2) is 54.1 Å². The third kappa shape index (κ3) is 3.18. The predicted octanol–water partition coefficient (Wildman–Crippen LogP) is 3.29. The van der Waals surface area contributed by atoms with Crippen molar-refractivity contribution < 1.29 is 4.79 Å². The third-order valence-electron chi connectivity index (χ3n) is 4.72. The first-order valence-corrected chi connectivity index (χ1v) is 8.54. The highest BCUT2D eigenvalue weighted by Gasteiger charge is 2.21. The van der Waals surface area contributed by atoms with Crippen LogP contribution >= 0.6 is 0 Å². The van der Waals surface area contributed by atoms with Gasteiger partial charge in [-0.2, -0.15) is 0 Å². The maximum Gasteiger partial charge on any atom is 0.253 e. The van der Waals surface area contributed by atoms with E-state index in [1.807, 2.05) is 48.3 Å². The molecule has 1 fully saturated rings. The fourth-order valence-electron chi connectivity index (χ4n) is 3.28. The molecule has 5 nitrogen and oxygen atoms in total. The standard InChI is InChI=1S/C20H20N4O/c1-23-19-8-7-17(14-18(19)21-22-23)20(25)24-11-9-16(10-12-24)13-15-5-3-2-4-6-15/h2-8,13-14H,9-12H2,1H3. The number of nitrogens with zero attached hydrogens (tertiary/aromatic N) is 4. The zero-order valence-electron chi connectivity index (χ0n) is 14.2. The van der Waals surface area contributed by atoms with Gasteiger partial charge in [0.2, 0.25) is 0 Å². The molecule has 0 bridgehead atoms. The van der Waals surface area contributed by atoms with Crippen LogP contribution < -0.4 is 0 Å². The van der Waals surface area contributed by atoms with Gasteiger partial charge in [-0.3, -0.25) is 4.79 Å². The molecule has 0 aliphatic carbocycles. The molecule has 0 radical (unpaired) electrons. The number of hydrogen-bond donors (Lipinski definition) is 0. The Labute approximate surface area is 146 Å². The molecule has 1 aliphatic rings. The molecule has 2 heterocycles. The molecule has 1 aromatic heterocycles.